The predicted octanol–water partition coefficient (Wildman–Crippen LogP) is 1.87. The van der Waals surface area contributed by atoms with Gasteiger partial charge in [-0.1, -0.05) is 20.3 Å². The third-order valence-corrected chi connectivity index (χ3v) is 5.54. The summed E-state index contributed by atoms with van der Waals surface area (Å²) in [6, 6.07) is -0.622. The summed E-state index contributed by atoms with van der Waals surface area (Å²) in [5.74, 6) is 1.60. The van der Waals surface area contributed by atoms with Gasteiger partial charge in [-0.2, -0.15) is 0 Å². The minimum Gasteiger partial charge on any atom is -0.467 e. The van der Waals surface area contributed by atoms with Gasteiger partial charge in [0.1, 0.15) is 6.04 Å². The molecular formula is C19H29NO5. The van der Waals surface area contributed by atoms with Gasteiger partial charge in [-0.05, 0) is 18.3 Å². The Labute approximate surface area is 150 Å². The van der Waals surface area contributed by atoms with Crippen LogP contribution in [0.25, 0.3) is 0 Å². The Balaban J connectivity index is 2.01. The minimum atomic E-state index is -0.629. The SMILES string of the molecule is C#CC[C@@H]1[C@@H](CC(=O)N[C@H](C(=O)OC)[C@@H](C)CC)CCC12OCCO2. The number of carbonyl (C=O) groups is 2. The van der Waals surface area contributed by atoms with Gasteiger partial charge in [0.15, 0.2) is 5.79 Å². The number of ether oxygens (including phenoxy) is 3. The lowest BCUT2D eigenvalue weighted by atomic mass is 9.87. The predicted molar refractivity (Wildman–Crippen MR) is 92.3 cm³/mol. The van der Waals surface area contributed by atoms with Crippen molar-refractivity contribution >= 4 is 11.9 Å². The van der Waals surface area contributed by atoms with E-state index in [-0.39, 0.29) is 23.7 Å². The molecule has 0 radical (unpaired) electrons. The second-order valence-electron chi connectivity index (χ2n) is 6.98. The van der Waals surface area contributed by atoms with E-state index in [1.165, 1.54) is 7.11 Å². The number of hydrogen-bond acceptors (Lipinski definition) is 5. The Morgan fingerprint density at radius 3 is 2.64 bits per heavy atom. The van der Waals surface area contributed by atoms with E-state index in [4.69, 9.17) is 20.6 Å². The van der Waals surface area contributed by atoms with Crippen molar-refractivity contribution in [2.75, 3.05) is 20.3 Å². The van der Waals surface area contributed by atoms with Crippen LogP contribution >= 0.6 is 0 Å². The second-order valence-corrected chi connectivity index (χ2v) is 6.98. The molecule has 0 bridgehead atoms. The summed E-state index contributed by atoms with van der Waals surface area (Å²) in [5, 5.41) is 2.84. The van der Waals surface area contributed by atoms with E-state index in [1.807, 2.05) is 13.8 Å². The molecule has 1 saturated heterocycles. The zero-order valence-corrected chi connectivity index (χ0v) is 15.4. The molecule has 0 aromatic rings. The number of methoxy groups -OCH3 is 1. The van der Waals surface area contributed by atoms with Gasteiger partial charge in [0.05, 0.1) is 20.3 Å². The lowest BCUT2D eigenvalue weighted by Crippen LogP contribution is -2.46. The molecule has 2 rings (SSSR count). The van der Waals surface area contributed by atoms with Gasteiger partial charge in [-0.15, -0.1) is 12.3 Å². The summed E-state index contributed by atoms with van der Waals surface area (Å²) < 4.78 is 16.5. The van der Waals surface area contributed by atoms with Crippen LogP contribution in [0.5, 0.6) is 0 Å². The van der Waals surface area contributed by atoms with Crippen molar-refractivity contribution in [1.29, 1.82) is 0 Å². The van der Waals surface area contributed by atoms with E-state index in [9.17, 15) is 9.59 Å². The van der Waals surface area contributed by atoms with Crippen molar-refractivity contribution in [3.8, 4) is 12.3 Å². The summed E-state index contributed by atoms with van der Waals surface area (Å²) in [5.41, 5.74) is 0. The van der Waals surface area contributed by atoms with E-state index in [2.05, 4.69) is 11.2 Å². The lowest BCUT2D eigenvalue weighted by molar-refractivity contribution is -0.185. The molecule has 1 aliphatic carbocycles. The number of rotatable bonds is 7. The summed E-state index contributed by atoms with van der Waals surface area (Å²) in [6.07, 6.45) is 8.70. The van der Waals surface area contributed by atoms with Gasteiger partial charge in [0, 0.05) is 25.2 Å². The van der Waals surface area contributed by atoms with E-state index in [1.54, 1.807) is 0 Å². The second kappa shape index (κ2) is 8.68. The normalized spacial score (nSPS) is 26.8. The molecule has 0 unspecified atom stereocenters. The zero-order chi connectivity index (χ0) is 18.4. The molecule has 0 aromatic heterocycles. The van der Waals surface area contributed by atoms with E-state index in [0.29, 0.717) is 26.1 Å². The van der Waals surface area contributed by atoms with Gasteiger partial charge in [0.25, 0.3) is 0 Å². The lowest BCUT2D eigenvalue weighted by Gasteiger charge is -2.31. The van der Waals surface area contributed by atoms with Crippen LogP contribution < -0.4 is 5.32 Å². The maximum Gasteiger partial charge on any atom is 0.328 e. The third-order valence-electron chi connectivity index (χ3n) is 5.54. The van der Waals surface area contributed by atoms with Crippen LogP contribution in [0, 0.1) is 30.1 Å². The Kier molecular flexibility index (Phi) is 6.86. The summed E-state index contributed by atoms with van der Waals surface area (Å²) in [6.45, 7) is 5.04. The van der Waals surface area contributed by atoms with Crippen molar-refractivity contribution in [2.24, 2.45) is 17.8 Å². The zero-order valence-electron chi connectivity index (χ0n) is 15.4. The maximum atomic E-state index is 12.6. The average Bonchev–Trinajstić information content (AvgIpc) is 3.21. The van der Waals surface area contributed by atoms with Crippen molar-refractivity contribution < 1.29 is 23.8 Å². The van der Waals surface area contributed by atoms with E-state index >= 15 is 0 Å². The van der Waals surface area contributed by atoms with Gasteiger partial charge < -0.3 is 19.5 Å². The topological polar surface area (TPSA) is 73.9 Å². The van der Waals surface area contributed by atoms with Crippen LogP contribution in [0.1, 0.15) is 46.0 Å². The van der Waals surface area contributed by atoms with Gasteiger partial charge in [-0.25, -0.2) is 4.79 Å². The average molecular weight is 351 g/mol. The van der Waals surface area contributed by atoms with Crippen LogP contribution in [0.15, 0.2) is 0 Å². The Morgan fingerprint density at radius 2 is 2.08 bits per heavy atom. The molecule has 6 nitrogen and oxygen atoms in total. The van der Waals surface area contributed by atoms with E-state index in [0.717, 1.165) is 19.3 Å². The quantitative estimate of drug-likeness (QED) is 0.560. The first-order valence-electron chi connectivity index (χ1n) is 9.06. The first-order chi connectivity index (χ1) is 12.0. The molecule has 0 aromatic carbocycles. The molecule has 6 heteroatoms. The number of carbonyl (C=O) groups excluding carboxylic acids is 2. The molecule has 25 heavy (non-hydrogen) atoms. The van der Waals surface area contributed by atoms with Crippen LogP contribution in [-0.2, 0) is 23.8 Å². The van der Waals surface area contributed by atoms with Crippen LogP contribution in [0.3, 0.4) is 0 Å². The Morgan fingerprint density at radius 1 is 1.40 bits per heavy atom. The Hall–Kier alpha value is -1.58. The summed E-state index contributed by atoms with van der Waals surface area (Å²) >= 11 is 0. The summed E-state index contributed by atoms with van der Waals surface area (Å²) in [7, 11) is 1.34. The molecule has 2 fully saturated rings. The standard InChI is InChI=1S/C19H29NO5/c1-5-7-15-14(8-9-19(15)24-10-11-25-19)12-16(21)20-17(13(3)6-2)18(22)23-4/h1,13-15,17H,6-12H2,2-4H3,(H,20,21)/t13-,14+,15+,17-/m0/s1. The molecule has 1 amide bonds. The first kappa shape index (κ1) is 19.7. The molecule has 1 saturated carbocycles. The third kappa shape index (κ3) is 4.34. The smallest absolute Gasteiger partial charge is 0.328 e. The minimum absolute atomic E-state index is 0.00549. The van der Waals surface area contributed by atoms with Crippen molar-refractivity contribution in [1.82, 2.24) is 5.32 Å². The molecule has 140 valence electrons. The van der Waals surface area contributed by atoms with Crippen LogP contribution in [0.2, 0.25) is 0 Å². The highest BCUT2D eigenvalue weighted by Gasteiger charge is 2.52. The van der Waals surface area contributed by atoms with Crippen LogP contribution in [0.4, 0.5) is 0 Å². The van der Waals surface area contributed by atoms with Gasteiger partial charge >= 0.3 is 5.97 Å². The summed E-state index contributed by atoms with van der Waals surface area (Å²) in [4.78, 5) is 24.5. The van der Waals surface area contributed by atoms with E-state index < -0.39 is 17.8 Å². The molecule has 4 atom stereocenters. The molecule has 1 N–H and O–H groups in total. The fraction of sp³-hybridized carbons (Fsp3) is 0.789. The maximum absolute atomic E-state index is 12.6. The van der Waals surface area contributed by atoms with Gasteiger partial charge in [-0.3, -0.25) is 4.79 Å². The highest BCUT2D eigenvalue weighted by molar-refractivity contribution is 5.84. The fourth-order valence-electron chi connectivity index (χ4n) is 3.92. The highest BCUT2D eigenvalue weighted by Crippen LogP contribution is 2.48. The van der Waals surface area contributed by atoms with Crippen molar-refractivity contribution in [3.05, 3.63) is 0 Å². The van der Waals surface area contributed by atoms with Gasteiger partial charge in [0.2, 0.25) is 5.91 Å². The number of nitrogens with one attached hydrogen (secondary N) is 1. The van der Waals surface area contributed by atoms with Crippen molar-refractivity contribution in [3.63, 3.8) is 0 Å². The number of esters is 1. The first-order valence-corrected chi connectivity index (χ1v) is 9.06. The number of amides is 1. The highest BCUT2D eigenvalue weighted by atomic mass is 16.7. The Bertz CT molecular complexity index is 520. The molecule has 1 spiro atoms. The molecule has 2 aliphatic rings. The largest absolute Gasteiger partial charge is 0.467 e. The molecular weight excluding hydrogens is 322 g/mol. The monoisotopic (exact) mass is 351 g/mol. The molecule has 1 aliphatic heterocycles. The number of terminal acetylenes is 1. The molecule has 1 heterocycles. The fourth-order valence-corrected chi connectivity index (χ4v) is 3.92. The number of hydrogen-bond donors (Lipinski definition) is 1. The van der Waals surface area contributed by atoms with Crippen LogP contribution in [-0.4, -0.2) is 44.0 Å². The van der Waals surface area contributed by atoms with Crippen molar-refractivity contribution in [2.45, 2.75) is 57.8 Å².